The Bertz CT molecular complexity index is 650. The van der Waals surface area contributed by atoms with E-state index in [2.05, 4.69) is 22.4 Å². The zero-order valence-electron chi connectivity index (χ0n) is 14.6. The van der Waals surface area contributed by atoms with Gasteiger partial charge in [0, 0.05) is 12.6 Å². The lowest BCUT2D eigenvalue weighted by molar-refractivity contribution is 0.229. The number of guanidine groups is 1. The maximum atomic E-state index is 5.89. The first-order chi connectivity index (χ1) is 11.7. The van der Waals surface area contributed by atoms with Crippen LogP contribution in [0.3, 0.4) is 0 Å². The Hall–Kier alpha value is -1.96. The summed E-state index contributed by atoms with van der Waals surface area (Å²) in [6, 6.07) is 17.8. The summed E-state index contributed by atoms with van der Waals surface area (Å²) >= 11 is 0. The van der Waals surface area contributed by atoms with E-state index in [4.69, 9.17) is 15.2 Å². The molecule has 0 saturated heterocycles. The number of benzene rings is 2. The first-order valence-corrected chi connectivity index (χ1v) is 8.06. The summed E-state index contributed by atoms with van der Waals surface area (Å²) in [5.74, 6) is 1.96. The number of halogens is 1. The largest absolute Gasteiger partial charge is 0.497 e. The van der Waals surface area contributed by atoms with Crippen molar-refractivity contribution in [3.63, 3.8) is 0 Å². The Kier molecular flexibility index (Phi) is 9.76. The van der Waals surface area contributed by atoms with E-state index in [-0.39, 0.29) is 30.1 Å². The topological polar surface area (TPSA) is 68.9 Å². The molecule has 0 spiro atoms. The number of aliphatic imine (C=N–C) groups is 1. The van der Waals surface area contributed by atoms with E-state index in [0.29, 0.717) is 12.5 Å². The molecule has 0 aromatic heterocycles. The van der Waals surface area contributed by atoms with Gasteiger partial charge in [-0.2, -0.15) is 0 Å². The molecule has 0 aliphatic heterocycles. The molecule has 0 bridgehead atoms. The molecule has 0 saturated carbocycles. The van der Waals surface area contributed by atoms with Crippen molar-refractivity contribution in [2.45, 2.75) is 19.4 Å². The molecule has 6 heteroatoms. The van der Waals surface area contributed by atoms with Crippen LogP contribution >= 0.6 is 24.0 Å². The fourth-order valence-electron chi connectivity index (χ4n) is 2.21. The van der Waals surface area contributed by atoms with Crippen molar-refractivity contribution in [2.75, 3.05) is 20.2 Å². The first-order valence-electron chi connectivity index (χ1n) is 8.06. The van der Waals surface area contributed by atoms with Crippen LogP contribution in [0.1, 0.15) is 12.5 Å². The number of hydrogen-bond acceptors (Lipinski definition) is 3. The van der Waals surface area contributed by atoms with Gasteiger partial charge in [-0.1, -0.05) is 36.4 Å². The zero-order valence-corrected chi connectivity index (χ0v) is 17.0. The van der Waals surface area contributed by atoms with Gasteiger partial charge >= 0.3 is 0 Å². The summed E-state index contributed by atoms with van der Waals surface area (Å²) in [7, 11) is 1.63. The Morgan fingerprint density at radius 2 is 1.84 bits per heavy atom. The minimum Gasteiger partial charge on any atom is -0.497 e. The first kappa shape index (κ1) is 21.1. The number of rotatable bonds is 8. The van der Waals surface area contributed by atoms with Crippen LogP contribution in [-0.2, 0) is 6.42 Å². The van der Waals surface area contributed by atoms with E-state index < -0.39 is 0 Å². The zero-order chi connectivity index (χ0) is 17.2. The Labute approximate surface area is 166 Å². The van der Waals surface area contributed by atoms with Crippen molar-refractivity contribution < 1.29 is 9.47 Å². The second-order valence-corrected chi connectivity index (χ2v) is 5.50. The highest BCUT2D eigenvalue weighted by atomic mass is 127. The van der Waals surface area contributed by atoms with Crippen LogP contribution in [0.5, 0.6) is 11.5 Å². The lowest BCUT2D eigenvalue weighted by Gasteiger charge is -2.14. The van der Waals surface area contributed by atoms with Crippen LogP contribution in [0, 0.1) is 0 Å². The predicted molar refractivity (Wildman–Crippen MR) is 113 cm³/mol. The normalized spacial score (nSPS) is 12.0. The molecule has 2 aromatic rings. The van der Waals surface area contributed by atoms with Crippen LogP contribution in [-0.4, -0.2) is 32.3 Å². The predicted octanol–water partition coefficient (Wildman–Crippen LogP) is 3.23. The highest BCUT2D eigenvalue weighted by Gasteiger charge is 2.04. The summed E-state index contributed by atoms with van der Waals surface area (Å²) in [5.41, 5.74) is 7.16. The lowest BCUT2D eigenvalue weighted by Crippen LogP contribution is -2.34. The average Bonchev–Trinajstić information content (AvgIpc) is 2.61. The molecule has 2 rings (SSSR count). The van der Waals surface area contributed by atoms with Gasteiger partial charge in [-0.25, -0.2) is 4.99 Å². The van der Waals surface area contributed by atoms with Crippen molar-refractivity contribution in [1.82, 2.24) is 5.32 Å². The number of nitrogens with two attached hydrogens (primary N) is 1. The molecule has 1 unspecified atom stereocenters. The molecule has 136 valence electrons. The molecule has 0 radical (unpaired) electrons. The van der Waals surface area contributed by atoms with Gasteiger partial charge in [-0.05, 0) is 31.0 Å². The van der Waals surface area contributed by atoms with Crippen LogP contribution in [0.15, 0.2) is 59.6 Å². The molecule has 0 aliphatic rings. The third-order valence-electron chi connectivity index (χ3n) is 3.46. The lowest BCUT2D eigenvalue weighted by atomic mass is 10.1. The number of methoxy groups -OCH3 is 1. The van der Waals surface area contributed by atoms with E-state index in [0.717, 1.165) is 24.5 Å². The standard InChI is InChI=1S/C19H25N3O2.HI/c1-15(24-18-10-6-9-17(13-18)23-2)14-22-19(20)21-12-11-16-7-4-3-5-8-16;/h3-10,13,15H,11-12,14H2,1-2H3,(H3,20,21,22);1H. The fourth-order valence-corrected chi connectivity index (χ4v) is 2.21. The van der Waals surface area contributed by atoms with Gasteiger partial charge in [-0.3, -0.25) is 0 Å². The van der Waals surface area contributed by atoms with E-state index in [1.54, 1.807) is 7.11 Å². The van der Waals surface area contributed by atoms with E-state index in [1.807, 2.05) is 49.4 Å². The van der Waals surface area contributed by atoms with Crippen molar-refractivity contribution >= 4 is 29.9 Å². The smallest absolute Gasteiger partial charge is 0.188 e. The van der Waals surface area contributed by atoms with Crippen molar-refractivity contribution in [2.24, 2.45) is 10.7 Å². The number of hydrogen-bond donors (Lipinski definition) is 2. The number of nitrogens with one attached hydrogen (secondary N) is 1. The molecule has 2 aromatic carbocycles. The molecule has 5 nitrogen and oxygen atoms in total. The van der Waals surface area contributed by atoms with Gasteiger partial charge in [0.05, 0.1) is 13.7 Å². The highest BCUT2D eigenvalue weighted by molar-refractivity contribution is 14.0. The molecule has 0 aliphatic carbocycles. The van der Waals surface area contributed by atoms with Gasteiger partial charge in [0.2, 0.25) is 0 Å². The van der Waals surface area contributed by atoms with Gasteiger partial charge in [0.25, 0.3) is 0 Å². The Morgan fingerprint density at radius 3 is 2.56 bits per heavy atom. The van der Waals surface area contributed by atoms with Gasteiger partial charge in [0.15, 0.2) is 5.96 Å². The summed E-state index contributed by atoms with van der Waals surface area (Å²) in [6.07, 6.45) is 0.832. The van der Waals surface area contributed by atoms with Gasteiger partial charge in [0.1, 0.15) is 17.6 Å². The molecule has 0 amide bonds. The Morgan fingerprint density at radius 1 is 1.12 bits per heavy atom. The molecule has 25 heavy (non-hydrogen) atoms. The monoisotopic (exact) mass is 455 g/mol. The van der Waals surface area contributed by atoms with E-state index in [1.165, 1.54) is 5.56 Å². The Balaban J connectivity index is 0.00000312. The molecule has 3 N–H and O–H groups in total. The highest BCUT2D eigenvalue weighted by Crippen LogP contribution is 2.19. The molecule has 1 atom stereocenters. The third-order valence-corrected chi connectivity index (χ3v) is 3.46. The van der Waals surface area contributed by atoms with Crippen molar-refractivity contribution in [3.05, 3.63) is 60.2 Å². The summed E-state index contributed by atoms with van der Waals surface area (Å²) in [5, 5.41) is 3.12. The minimum absolute atomic E-state index is 0. The van der Waals surface area contributed by atoms with Crippen LogP contribution < -0.4 is 20.5 Å². The van der Waals surface area contributed by atoms with E-state index >= 15 is 0 Å². The van der Waals surface area contributed by atoms with Crippen molar-refractivity contribution in [1.29, 1.82) is 0 Å². The van der Waals surface area contributed by atoms with Crippen LogP contribution in [0.4, 0.5) is 0 Å². The van der Waals surface area contributed by atoms with E-state index in [9.17, 15) is 0 Å². The SMILES string of the molecule is COc1cccc(OC(C)CN=C(N)NCCc2ccccc2)c1.I. The average molecular weight is 455 g/mol. The molecule has 0 fully saturated rings. The van der Waals surface area contributed by atoms with Crippen molar-refractivity contribution in [3.8, 4) is 11.5 Å². The number of nitrogens with zero attached hydrogens (tertiary/aromatic N) is 1. The molecule has 0 heterocycles. The second-order valence-electron chi connectivity index (χ2n) is 5.50. The summed E-state index contributed by atoms with van der Waals surface area (Å²) < 4.78 is 11.0. The van der Waals surface area contributed by atoms with Crippen LogP contribution in [0.25, 0.3) is 0 Å². The summed E-state index contributed by atoms with van der Waals surface area (Å²) in [6.45, 7) is 3.20. The van der Waals surface area contributed by atoms with Crippen LogP contribution in [0.2, 0.25) is 0 Å². The fraction of sp³-hybridized carbons (Fsp3) is 0.316. The summed E-state index contributed by atoms with van der Waals surface area (Å²) in [4.78, 5) is 4.32. The maximum Gasteiger partial charge on any atom is 0.188 e. The molecular formula is C19H26IN3O2. The maximum absolute atomic E-state index is 5.89. The third kappa shape index (κ3) is 8.11. The molecular weight excluding hydrogens is 429 g/mol. The second kappa shape index (κ2) is 11.6. The quantitative estimate of drug-likeness (QED) is 0.365. The number of ether oxygens (including phenoxy) is 2. The van der Waals surface area contributed by atoms with Gasteiger partial charge in [-0.15, -0.1) is 24.0 Å². The van der Waals surface area contributed by atoms with Gasteiger partial charge < -0.3 is 20.5 Å². The minimum atomic E-state index is -0.0772.